The van der Waals surface area contributed by atoms with Crippen molar-refractivity contribution < 1.29 is 92.3 Å². The Bertz CT molecular complexity index is 186. The molecule has 0 aromatic rings. The number of hydrogen-bond donors (Lipinski definition) is 1. The van der Waals surface area contributed by atoms with Crippen molar-refractivity contribution in [3.05, 3.63) is 0 Å². The van der Waals surface area contributed by atoms with E-state index in [2.05, 4.69) is 4.18 Å². The van der Waals surface area contributed by atoms with E-state index < -0.39 is 10.4 Å². The molecule has 0 aliphatic rings. The number of nitriles is 1. The fourth-order valence-electron chi connectivity index (χ4n) is 0.0471. The average molecular weight is 360 g/mol. The first-order valence-corrected chi connectivity index (χ1v) is 2.48. The molecule has 0 bridgehead atoms. The molecule has 0 fully saturated rings. The van der Waals surface area contributed by atoms with Crippen LogP contribution in [0.15, 0.2) is 0 Å². The molecule has 1 N–H and O–H groups in total. The Balaban J connectivity index is -0.0000000600. The van der Waals surface area contributed by atoms with Gasteiger partial charge in [0.2, 0.25) is 0 Å². The minimum atomic E-state index is -4.54. The van der Waals surface area contributed by atoms with E-state index in [0.29, 0.717) is 0 Å². The maximum absolute atomic E-state index is 9.34. The van der Waals surface area contributed by atoms with E-state index in [-0.39, 0.29) is 75.2 Å². The fraction of sp³-hybridized carbons (Fsp3) is 0. The second kappa shape index (κ2) is 7.68. The van der Waals surface area contributed by atoms with Crippen LogP contribution in [0, 0.1) is 11.5 Å². The van der Waals surface area contributed by atoms with E-state index in [1.165, 1.54) is 0 Å². The van der Waals surface area contributed by atoms with Crippen LogP contribution in [0.4, 0.5) is 0 Å². The minimum absolute atomic E-state index is 0. The molecular weight excluding hydrogens is 358 g/mol. The van der Waals surface area contributed by atoms with E-state index in [4.69, 9.17) is 9.81 Å². The number of hydrogen-bond acceptors (Lipinski definition) is 4. The molecule has 0 rings (SSSR count). The second-order valence-electron chi connectivity index (χ2n) is 0.602. The molecule has 0 unspecified atom stereocenters. The topological polar surface area (TPSA) is 87.4 Å². The van der Waals surface area contributed by atoms with E-state index >= 15 is 0 Å². The molecule has 0 aliphatic heterocycles. The van der Waals surface area contributed by atoms with Crippen LogP contribution in [-0.4, -0.2) is 13.0 Å². The third-order valence-electron chi connectivity index (χ3n) is 0.143. The fourth-order valence-corrected chi connectivity index (χ4v) is 0.141. The van der Waals surface area contributed by atoms with Gasteiger partial charge in [0.25, 0.3) is 0 Å². The van der Waals surface area contributed by atoms with Gasteiger partial charge in [-0.25, -0.2) is 0 Å². The summed E-state index contributed by atoms with van der Waals surface area (Å²) in [6.07, 6.45) is 0.770. The molecule has 0 amide bonds. The molecule has 0 atom stereocenters. The Hall–Kier alpha value is 1.58. The summed E-state index contributed by atoms with van der Waals surface area (Å²) in [6, 6.07) is 0. The van der Waals surface area contributed by atoms with Crippen LogP contribution < -0.4 is 51.4 Å². The summed E-state index contributed by atoms with van der Waals surface area (Å²) < 4.78 is 29.3. The predicted molar refractivity (Wildman–Crippen MR) is 19.4 cm³/mol. The van der Waals surface area contributed by atoms with Crippen molar-refractivity contribution in [2.75, 3.05) is 0 Å². The predicted octanol–water partition coefficient (Wildman–Crippen LogP) is -3.60. The standard InChI is InChI=1S/CHNO4S.Au.K.H/c2-1-6-7(3,4)5;;;/h(H,3,4,5);;;/q;;+1;-1. The summed E-state index contributed by atoms with van der Waals surface area (Å²) in [5, 5.41) is 7.39. The van der Waals surface area contributed by atoms with Crippen molar-refractivity contribution in [2.45, 2.75) is 0 Å². The quantitative estimate of drug-likeness (QED) is 0.297. The smallest absolute Gasteiger partial charge is 1.00 e. The van der Waals surface area contributed by atoms with Gasteiger partial charge in [-0.1, -0.05) is 0 Å². The van der Waals surface area contributed by atoms with Gasteiger partial charge >= 0.3 is 68.0 Å². The third-order valence-corrected chi connectivity index (χ3v) is 0.428. The average Bonchev–Trinajstić information content (AvgIpc) is 1.30. The van der Waals surface area contributed by atoms with Gasteiger partial charge in [-0.3, -0.25) is 8.74 Å². The van der Waals surface area contributed by atoms with E-state index in [9.17, 15) is 8.42 Å². The summed E-state index contributed by atoms with van der Waals surface area (Å²) in [7, 11) is -4.54. The van der Waals surface area contributed by atoms with Crippen molar-refractivity contribution in [1.82, 2.24) is 0 Å². The molecule has 8 heteroatoms. The molecule has 0 saturated heterocycles. The molecule has 0 aliphatic carbocycles. The van der Waals surface area contributed by atoms with Crippen molar-refractivity contribution in [2.24, 2.45) is 0 Å². The molecule has 0 spiro atoms. The van der Waals surface area contributed by atoms with Gasteiger partial charge in [0.1, 0.15) is 0 Å². The molecule has 9 heavy (non-hydrogen) atoms. The molecule has 5 nitrogen and oxygen atoms in total. The zero-order chi connectivity index (χ0) is 5.91. The second-order valence-corrected chi connectivity index (χ2v) is 1.62. The monoisotopic (exact) mass is 360 g/mol. The first kappa shape index (κ1) is 16.9. The van der Waals surface area contributed by atoms with Crippen LogP contribution in [0.3, 0.4) is 0 Å². The van der Waals surface area contributed by atoms with Crippen LogP contribution in [0.5, 0.6) is 0 Å². The Morgan fingerprint density at radius 3 is 2.00 bits per heavy atom. The SMILES string of the molecule is N#COS(=O)(=O)O.[Au].[H-].[K+]. The Labute approximate surface area is 112 Å². The van der Waals surface area contributed by atoms with Gasteiger partial charge in [-0.2, -0.15) is 8.42 Å². The summed E-state index contributed by atoms with van der Waals surface area (Å²) >= 11 is 0. The molecule has 0 saturated carbocycles. The molecule has 0 aromatic heterocycles. The van der Waals surface area contributed by atoms with Gasteiger partial charge in [-0.15, -0.1) is 5.26 Å². The normalized spacial score (nSPS) is 7.56. The Kier molecular flexibility index (Phi) is 14.4. The van der Waals surface area contributed by atoms with Gasteiger partial charge in [-0.05, 0) is 0 Å². The maximum atomic E-state index is 9.34. The maximum Gasteiger partial charge on any atom is 1.00 e. The number of rotatable bonds is 1. The largest absolute Gasteiger partial charge is 1.00 e. The minimum Gasteiger partial charge on any atom is -1.00 e. The molecule has 0 heterocycles. The zero-order valence-electron chi connectivity index (χ0n) is 5.33. The van der Waals surface area contributed by atoms with Gasteiger partial charge in [0, 0.05) is 22.4 Å². The summed E-state index contributed by atoms with van der Waals surface area (Å²) in [5.74, 6) is 0. The Morgan fingerprint density at radius 2 is 2.00 bits per heavy atom. The van der Waals surface area contributed by atoms with Gasteiger partial charge in [0.05, 0.1) is 0 Å². The van der Waals surface area contributed by atoms with Crippen LogP contribution in [0.2, 0.25) is 0 Å². The first-order chi connectivity index (χ1) is 3.06. The van der Waals surface area contributed by atoms with Crippen LogP contribution >= 0.6 is 0 Å². The van der Waals surface area contributed by atoms with Crippen molar-refractivity contribution in [1.29, 1.82) is 5.26 Å². The van der Waals surface area contributed by atoms with Crippen molar-refractivity contribution >= 4 is 10.4 Å². The molecule has 0 aromatic carbocycles. The van der Waals surface area contributed by atoms with E-state index in [1.54, 1.807) is 0 Å². The van der Waals surface area contributed by atoms with E-state index in [0.717, 1.165) is 6.26 Å². The third kappa shape index (κ3) is 17.7. The number of nitrogens with zero attached hydrogens (tertiary/aromatic N) is 1. The zero-order valence-corrected chi connectivity index (χ0v) is 10.4. The van der Waals surface area contributed by atoms with Gasteiger partial charge in [0.15, 0.2) is 0 Å². The van der Waals surface area contributed by atoms with E-state index in [1.807, 2.05) is 0 Å². The summed E-state index contributed by atoms with van der Waals surface area (Å²) in [4.78, 5) is 0. The van der Waals surface area contributed by atoms with Crippen molar-refractivity contribution in [3.8, 4) is 6.26 Å². The molecular formula is CH2AuKNO4S. The van der Waals surface area contributed by atoms with Crippen LogP contribution in [-0.2, 0) is 37.0 Å². The molecule has 53 valence electrons. The van der Waals surface area contributed by atoms with Crippen LogP contribution in [0.25, 0.3) is 0 Å². The summed E-state index contributed by atoms with van der Waals surface area (Å²) in [6.45, 7) is 0. The molecule has 1 radical (unpaired) electrons. The first-order valence-electron chi connectivity index (χ1n) is 1.11. The van der Waals surface area contributed by atoms with Crippen LogP contribution in [0.1, 0.15) is 1.43 Å². The van der Waals surface area contributed by atoms with Gasteiger partial charge < -0.3 is 1.43 Å². The van der Waals surface area contributed by atoms with Crippen molar-refractivity contribution in [3.63, 3.8) is 0 Å². The Morgan fingerprint density at radius 1 is 1.67 bits per heavy atom. The summed E-state index contributed by atoms with van der Waals surface area (Å²) in [5.41, 5.74) is 0.